The monoisotopic (exact) mass is 426 g/mol. The molecule has 0 fully saturated rings. The molecule has 10 nitrogen and oxygen atoms in total. The van der Waals surface area contributed by atoms with Gasteiger partial charge in [-0.1, -0.05) is 24.3 Å². The fourth-order valence-electron chi connectivity index (χ4n) is 1.99. The zero-order valence-electron chi connectivity index (χ0n) is 14.5. The quantitative estimate of drug-likeness (QED) is 0.222. The van der Waals surface area contributed by atoms with Crippen LogP contribution >= 0.6 is 24.8 Å². The molecule has 0 saturated carbocycles. The lowest BCUT2D eigenvalue weighted by Gasteiger charge is -2.05. The standard InChI is InChI=1S/C16H18N8O2.2ClH/c17-15(18)23-21-13(25)11-5-1-9(2-6-11)10-3-7-12(8-4-10)14(26)22-24-16(19)20;;/h1-8H,(H,21,25)(H,22,26)(H4,17,18,23)(H4,19,20,24);2*1H. The molecule has 28 heavy (non-hydrogen) atoms. The van der Waals surface area contributed by atoms with E-state index in [9.17, 15) is 9.59 Å². The van der Waals surface area contributed by atoms with Gasteiger partial charge in [0.1, 0.15) is 0 Å². The van der Waals surface area contributed by atoms with E-state index < -0.39 is 11.8 Å². The van der Waals surface area contributed by atoms with Crippen LogP contribution in [-0.2, 0) is 0 Å². The Morgan fingerprint density at radius 1 is 0.607 bits per heavy atom. The van der Waals surface area contributed by atoms with Crippen LogP contribution in [0.15, 0.2) is 58.7 Å². The summed E-state index contributed by atoms with van der Waals surface area (Å²) in [6.45, 7) is 0. The fourth-order valence-corrected chi connectivity index (χ4v) is 1.99. The van der Waals surface area contributed by atoms with Gasteiger partial charge in [0.25, 0.3) is 11.8 Å². The molecule has 0 aliphatic heterocycles. The van der Waals surface area contributed by atoms with E-state index in [0.29, 0.717) is 11.1 Å². The van der Waals surface area contributed by atoms with E-state index in [2.05, 4.69) is 21.1 Å². The Hall–Kier alpha value is -3.50. The van der Waals surface area contributed by atoms with Gasteiger partial charge < -0.3 is 22.9 Å². The topological polar surface area (TPSA) is 187 Å². The highest BCUT2D eigenvalue weighted by Crippen LogP contribution is 2.20. The molecule has 150 valence electrons. The maximum atomic E-state index is 11.8. The number of amides is 2. The summed E-state index contributed by atoms with van der Waals surface area (Å²) in [5.74, 6) is -1.34. The first-order chi connectivity index (χ1) is 12.4. The molecular weight excluding hydrogens is 407 g/mol. The summed E-state index contributed by atoms with van der Waals surface area (Å²) in [7, 11) is 0. The van der Waals surface area contributed by atoms with Crippen molar-refractivity contribution in [1.29, 1.82) is 0 Å². The molecule has 2 rings (SSSR count). The Balaban J connectivity index is 0.00000364. The predicted octanol–water partition coefficient (Wildman–Crippen LogP) is 0.0336. The lowest BCUT2D eigenvalue weighted by atomic mass is 10.0. The maximum absolute atomic E-state index is 11.8. The zero-order chi connectivity index (χ0) is 19.1. The second-order valence-electron chi connectivity index (χ2n) is 5.11. The highest BCUT2D eigenvalue weighted by molar-refractivity contribution is 5.96. The Kier molecular flexibility index (Phi) is 9.86. The van der Waals surface area contributed by atoms with Crippen molar-refractivity contribution >= 4 is 48.5 Å². The highest BCUT2D eigenvalue weighted by atomic mass is 35.5. The lowest BCUT2D eigenvalue weighted by molar-refractivity contribution is 0.0946. The van der Waals surface area contributed by atoms with Crippen molar-refractivity contribution in [3.05, 3.63) is 59.7 Å². The van der Waals surface area contributed by atoms with Gasteiger partial charge in [0, 0.05) is 11.1 Å². The molecular formula is C16H20Cl2N8O2. The summed E-state index contributed by atoms with van der Waals surface area (Å²) in [5, 5.41) is 6.89. The molecule has 0 atom stereocenters. The molecule has 0 aromatic heterocycles. The van der Waals surface area contributed by atoms with Crippen molar-refractivity contribution in [1.82, 2.24) is 10.9 Å². The maximum Gasteiger partial charge on any atom is 0.271 e. The first-order valence-corrected chi connectivity index (χ1v) is 7.35. The summed E-state index contributed by atoms with van der Waals surface area (Å²) in [6, 6.07) is 13.6. The predicted molar refractivity (Wildman–Crippen MR) is 113 cm³/mol. The normalized spacial score (nSPS) is 9.00. The third-order valence-corrected chi connectivity index (χ3v) is 3.20. The van der Waals surface area contributed by atoms with Crippen molar-refractivity contribution < 1.29 is 9.59 Å². The zero-order valence-corrected chi connectivity index (χ0v) is 16.1. The Labute approximate surface area is 173 Å². The van der Waals surface area contributed by atoms with Gasteiger partial charge in [-0.3, -0.25) is 9.59 Å². The molecule has 0 saturated heterocycles. The first kappa shape index (κ1) is 24.5. The average molecular weight is 427 g/mol. The van der Waals surface area contributed by atoms with Crippen molar-refractivity contribution in [2.24, 2.45) is 33.1 Å². The second kappa shape index (κ2) is 11.3. The number of nitrogens with two attached hydrogens (primary N) is 4. The largest absolute Gasteiger partial charge is 0.369 e. The van der Waals surface area contributed by atoms with Gasteiger partial charge in [0.15, 0.2) is 0 Å². The SMILES string of the molecule is Cl.Cl.NC(N)=NNC(=O)c1ccc(-c2ccc(C(=O)NN=C(N)N)cc2)cc1. The molecule has 0 radical (unpaired) electrons. The van der Waals surface area contributed by atoms with Gasteiger partial charge in [0.05, 0.1) is 0 Å². The van der Waals surface area contributed by atoms with Gasteiger partial charge in [-0.2, -0.15) is 0 Å². The van der Waals surface area contributed by atoms with Crippen LogP contribution in [0.4, 0.5) is 0 Å². The number of hydrogen-bond donors (Lipinski definition) is 6. The first-order valence-electron chi connectivity index (χ1n) is 7.35. The molecule has 10 N–H and O–H groups in total. The Bertz CT molecular complexity index is 786. The molecule has 0 aliphatic carbocycles. The average Bonchev–Trinajstić information content (AvgIpc) is 2.64. The molecule has 2 amide bonds. The summed E-state index contributed by atoms with van der Waals surface area (Å²) in [6.07, 6.45) is 0. The van der Waals surface area contributed by atoms with Gasteiger partial charge in [-0.25, -0.2) is 10.9 Å². The summed E-state index contributed by atoms with van der Waals surface area (Å²) in [4.78, 5) is 23.6. The van der Waals surface area contributed by atoms with Crippen molar-refractivity contribution in [2.45, 2.75) is 0 Å². The van der Waals surface area contributed by atoms with E-state index in [0.717, 1.165) is 11.1 Å². The minimum absolute atomic E-state index is 0. The minimum atomic E-state index is -0.434. The van der Waals surface area contributed by atoms with E-state index in [-0.39, 0.29) is 36.7 Å². The van der Waals surface area contributed by atoms with Crippen molar-refractivity contribution in [3.8, 4) is 11.1 Å². The van der Waals surface area contributed by atoms with Gasteiger partial charge in [-0.15, -0.1) is 35.0 Å². The van der Waals surface area contributed by atoms with Crippen LogP contribution in [-0.4, -0.2) is 23.7 Å². The van der Waals surface area contributed by atoms with E-state index in [4.69, 9.17) is 22.9 Å². The Morgan fingerprint density at radius 3 is 1.14 bits per heavy atom. The highest BCUT2D eigenvalue weighted by Gasteiger charge is 2.07. The fraction of sp³-hybridized carbons (Fsp3) is 0. The number of benzene rings is 2. The number of carbonyl (C=O) groups excluding carboxylic acids is 2. The number of hydrogen-bond acceptors (Lipinski definition) is 4. The van der Waals surface area contributed by atoms with E-state index in [1.165, 1.54) is 0 Å². The van der Waals surface area contributed by atoms with E-state index in [1.807, 2.05) is 0 Å². The number of guanidine groups is 2. The Morgan fingerprint density at radius 2 is 0.893 bits per heavy atom. The molecule has 0 spiro atoms. The van der Waals surface area contributed by atoms with Crippen LogP contribution in [0.1, 0.15) is 20.7 Å². The summed E-state index contributed by atoms with van der Waals surface area (Å²) >= 11 is 0. The third-order valence-electron chi connectivity index (χ3n) is 3.20. The van der Waals surface area contributed by atoms with Crippen LogP contribution in [0.5, 0.6) is 0 Å². The minimum Gasteiger partial charge on any atom is -0.369 e. The van der Waals surface area contributed by atoms with Crippen LogP contribution in [0.25, 0.3) is 11.1 Å². The van der Waals surface area contributed by atoms with Crippen LogP contribution < -0.4 is 33.8 Å². The van der Waals surface area contributed by atoms with Gasteiger partial charge in [0.2, 0.25) is 11.9 Å². The molecule has 2 aromatic rings. The number of rotatable bonds is 5. The molecule has 0 heterocycles. The van der Waals surface area contributed by atoms with Crippen LogP contribution in [0.3, 0.4) is 0 Å². The van der Waals surface area contributed by atoms with Gasteiger partial charge in [-0.05, 0) is 35.4 Å². The number of nitrogens with zero attached hydrogens (tertiary/aromatic N) is 2. The smallest absolute Gasteiger partial charge is 0.271 e. The molecule has 2 aromatic carbocycles. The van der Waals surface area contributed by atoms with Crippen molar-refractivity contribution in [2.75, 3.05) is 0 Å². The number of halogens is 2. The molecule has 0 bridgehead atoms. The van der Waals surface area contributed by atoms with Crippen LogP contribution in [0.2, 0.25) is 0 Å². The van der Waals surface area contributed by atoms with E-state index in [1.54, 1.807) is 48.5 Å². The molecule has 0 unspecified atom stereocenters. The third kappa shape index (κ3) is 7.02. The van der Waals surface area contributed by atoms with E-state index >= 15 is 0 Å². The summed E-state index contributed by atoms with van der Waals surface area (Å²) in [5.41, 5.74) is 27.6. The summed E-state index contributed by atoms with van der Waals surface area (Å²) < 4.78 is 0. The van der Waals surface area contributed by atoms with Crippen LogP contribution in [0, 0.1) is 0 Å². The van der Waals surface area contributed by atoms with Crippen molar-refractivity contribution in [3.63, 3.8) is 0 Å². The van der Waals surface area contributed by atoms with Gasteiger partial charge >= 0.3 is 0 Å². The number of hydrazone groups is 2. The lowest BCUT2D eigenvalue weighted by Crippen LogP contribution is -2.29. The molecule has 12 heteroatoms. The number of carbonyl (C=O) groups is 2. The number of nitrogens with one attached hydrogen (secondary N) is 2. The second-order valence-corrected chi connectivity index (χ2v) is 5.11. The molecule has 0 aliphatic rings.